The Balaban J connectivity index is 2.20. The Kier molecular flexibility index (Phi) is 30.7. The van der Waals surface area contributed by atoms with Gasteiger partial charge >= 0.3 is 0 Å². The molecule has 3 heteroatoms. The summed E-state index contributed by atoms with van der Waals surface area (Å²) in [5.41, 5.74) is 0. The average Bonchev–Trinajstić information content (AvgIpc) is 3.48. The number of rotatable bonds is 35. The molecule has 0 saturated carbocycles. The number of unbranched alkanes of at least 4 members (excludes halogenated alkanes) is 24. The zero-order valence-corrected chi connectivity index (χ0v) is 32.9. The Bertz CT molecular complexity index is 659. The maximum Gasteiger partial charge on any atom is 0.168 e. The lowest BCUT2D eigenvalue weighted by molar-refractivity contribution is -0.184. The average molecular weight is 660 g/mol. The fraction of sp³-hybridized carbons (Fsp3) is 0.909. The van der Waals surface area contributed by atoms with E-state index in [0.29, 0.717) is 6.04 Å². The van der Waals surface area contributed by atoms with E-state index in [1.807, 2.05) is 0 Å². The van der Waals surface area contributed by atoms with E-state index >= 15 is 0 Å². The molecule has 0 N–H and O–H groups in total. The smallest absolute Gasteiger partial charge is 0.168 e. The molecule has 1 heterocycles. The zero-order valence-electron chi connectivity index (χ0n) is 32.9. The summed E-state index contributed by atoms with van der Waals surface area (Å²) in [6.07, 6.45) is 51.1. The summed E-state index contributed by atoms with van der Waals surface area (Å²) in [7, 11) is 4.38. The van der Waals surface area contributed by atoms with Crippen molar-refractivity contribution in [1.82, 2.24) is 4.90 Å². The number of allylic oxidation sites excluding steroid dienone is 4. The predicted octanol–water partition coefficient (Wildman–Crippen LogP) is 14.3. The van der Waals surface area contributed by atoms with Crippen LogP contribution in [0.2, 0.25) is 0 Å². The molecule has 1 fully saturated rings. The van der Waals surface area contributed by atoms with Gasteiger partial charge in [0.1, 0.15) is 0 Å². The zero-order chi connectivity index (χ0) is 34.1. The number of ether oxygens (including phenoxy) is 2. The third-order valence-electron chi connectivity index (χ3n) is 10.5. The van der Waals surface area contributed by atoms with Crippen LogP contribution in [0.15, 0.2) is 24.3 Å². The summed E-state index contributed by atoms with van der Waals surface area (Å²) in [5, 5.41) is 0. The molecule has 0 aromatic rings. The standard InChI is InChI=1S/C44H85NO2/c1-6-9-11-13-15-17-19-21-23-25-27-29-31-33-35-37-39-44(46-41-43(47-44)42(8-3)45(4)5)40-38-36-34-32-30-28-26-24-22-20-18-16-14-12-10-7-2/h21-24,42-43H,6-20,25-41H2,1-5H3/b23-21-,24-22-/t42?,43-/m1/s1. The van der Waals surface area contributed by atoms with Gasteiger partial charge in [0, 0.05) is 18.9 Å². The molecule has 1 aliphatic heterocycles. The molecule has 0 aromatic carbocycles. The van der Waals surface area contributed by atoms with Gasteiger partial charge in [-0.3, -0.25) is 0 Å². The van der Waals surface area contributed by atoms with Crippen LogP contribution in [0.25, 0.3) is 0 Å². The van der Waals surface area contributed by atoms with E-state index in [1.54, 1.807) is 0 Å². The molecule has 278 valence electrons. The molecule has 47 heavy (non-hydrogen) atoms. The van der Waals surface area contributed by atoms with Crippen LogP contribution in [0.4, 0.5) is 0 Å². The molecule has 0 aliphatic carbocycles. The fourth-order valence-corrected chi connectivity index (χ4v) is 7.40. The van der Waals surface area contributed by atoms with Gasteiger partial charge in [-0.1, -0.05) is 161 Å². The first-order chi connectivity index (χ1) is 23.1. The molecule has 0 spiro atoms. The molecule has 2 atom stereocenters. The lowest BCUT2D eigenvalue weighted by Gasteiger charge is -2.32. The van der Waals surface area contributed by atoms with E-state index in [9.17, 15) is 0 Å². The highest BCUT2D eigenvalue weighted by molar-refractivity contribution is 4.86. The molecular weight excluding hydrogens is 574 g/mol. The summed E-state index contributed by atoms with van der Waals surface area (Å²) < 4.78 is 13.4. The number of hydrogen-bond donors (Lipinski definition) is 0. The molecule has 3 nitrogen and oxygen atoms in total. The van der Waals surface area contributed by atoms with Gasteiger partial charge in [-0.2, -0.15) is 0 Å². The minimum Gasteiger partial charge on any atom is -0.347 e. The van der Waals surface area contributed by atoms with Crippen molar-refractivity contribution in [2.45, 2.75) is 238 Å². The highest BCUT2D eigenvalue weighted by atomic mass is 16.7. The van der Waals surface area contributed by atoms with Crippen LogP contribution < -0.4 is 0 Å². The Morgan fingerprint density at radius 1 is 0.511 bits per heavy atom. The van der Waals surface area contributed by atoms with Crippen molar-refractivity contribution in [3.05, 3.63) is 24.3 Å². The van der Waals surface area contributed by atoms with Crippen LogP contribution >= 0.6 is 0 Å². The Morgan fingerprint density at radius 2 is 0.851 bits per heavy atom. The number of nitrogens with zero attached hydrogens (tertiary/aromatic N) is 1. The van der Waals surface area contributed by atoms with Crippen LogP contribution in [-0.4, -0.2) is 43.5 Å². The van der Waals surface area contributed by atoms with Gasteiger partial charge in [0.25, 0.3) is 0 Å². The molecule has 0 radical (unpaired) electrons. The lowest BCUT2D eigenvalue weighted by atomic mass is 9.98. The van der Waals surface area contributed by atoms with Crippen molar-refractivity contribution in [2.75, 3.05) is 20.7 Å². The molecule has 1 unspecified atom stereocenters. The molecule has 0 bridgehead atoms. The van der Waals surface area contributed by atoms with Crippen molar-refractivity contribution >= 4 is 0 Å². The van der Waals surface area contributed by atoms with Crippen molar-refractivity contribution in [3.63, 3.8) is 0 Å². The maximum absolute atomic E-state index is 6.83. The van der Waals surface area contributed by atoms with Gasteiger partial charge in [0.05, 0.1) is 12.7 Å². The Morgan fingerprint density at radius 3 is 1.19 bits per heavy atom. The first kappa shape index (κ1) is 44.4. The molecule has 0 aromatic heterocycles. The molecule has 1 saturated heterocycles. The molecule has 1 rings (SSSR count). The molecule has 1 aliphatic rings. The monoisotopic (exact) mass is 660 g/mol. The quantitative estimate of drug-likeness (QED) is 0.0499. The molecular formula is C44H85NO2. The van der Waals surface area contributed by atoms with Gasteiger partial charge in [-0.15, -0.1) is 0 Å². The van der Waals surface area contributed by atoms with E-state index in [-0.39, 0.29) is 11.9 Å². The van der Waals surface area contributed by atoms with Gasteiger partial charge < -0.3 is 14.4 Å². The minimum atomic E-state index is -0.338. The summed E-state index contributed by atoms with van der Waals surface area (Å²) in [5.74, 6) is -0.338. The topological polar surface area (TPSA) is 21.7 Å². The van der Waals surface area contributed by atoms with Crippen molar-refractivity contribution in [1.29, 1.82) is 0 Å². The van der Waals surface area contributed by atoms with Crippen molar-refractivity contribution in [2.24, 2.45) is 0 Å². The highest BCUT2D eigenvalue weighted by Crippen LogP contribution is 2.36. The van der Waals surface area contributed by atoms with E-state index in [1.165, 1.54) is 180 Å². The van der Waals surface area contributed by atoms with E-state index in [0.717, 1.165) is 25.9 Å². The Hall–Kier alpha value is -0.640. The second kappa shape index (κ2) is 32.6. The summed E-state index contributed by atoms with van der Waals surface area (Å²) in [4.78, 5) is 2.33. The first-order valence-electron chi connectivity index (χ1n) is 21.4. The van der Waals surface area contributed by atoms with E-state index in [4.69, 9.17) is 9.47 Å². The van der Waals surface area contributed by atoms with E-state index < -0.39 is 0 Å². The SMILES string of the molecule is CCCCCCCC/C=C\CCCCCCCCC1(CCCCCCCC/C=C\CCCCCCCC)OC[C@H](C(CC)N(C)C)O1. The minimum absolute atomic E-state index is 0.207. The van der Waals surface area contributed by atoms with Crippen LogP contribution in [0, 0.1) is 0 Å². The lowest BCUT2D eigenvalue weighted by Crippen LogP contribution is -2.41. The maximum atomic E-state index is 6.83. The van der Waals surface area contributed by atoms with Gasteiger partial charge in [0.15, 0.2) is 5.79 Å². The van der Waals surface area contributed by atoms with Gasteiger partial charge in [-0.25, -0.2) is 0 Å². The summed E-state index contributed by atoms with van der Waals surface area (Å²) in [6, 6.07) is 0.441. The van der Waals surface area contributed by atoms with Crippen molar-refractivity contribution < 1.29 is 9.47 Å². The van der Waals surface area contributed by atoms with Crippen LogP contribution in [0.3, 0.4) is 0 Å². The van der Waals surface area contributed by atoms with Crippen LogP contribution in [0.1, 0.15) is 220 Å². The highest BCUT2D eigenvalue weighted by Gasteiger charge is 2.43. The third-order valence-corrected chi connectivity index (χ3v) is 10.5. The summed E-state index contributed by atoms with van der Waals surface area (Å²) in [6.45, 7) is 7.63. The fourth-order valence-electron chi connectivity index (χ4n) is 7.40. The number of hydrogen-bond acceptors (Lipinski definition) is 3. The van der Waals surface area contributed by atoms with Crippen LogP contribution in [0.5, 0.6) is 0 Å². The Labute approximate surface area is 296 Å². The number of likely N-dealkylation sites (N-methyl/N-ethyl adjacent to an activating group) is 1. The normalized spacial score (nSPS) is 17.2. The molecule has 0 amide bonds. The summed E-state index contributed by atoms with van der Waals surface area (Å²) >= 11 is 0. The van der Waals surface area contributed by atoms with E-state index in [2.05, 4.69) is 64.1 Å². The van der Waals surface area contributed by atoms with Gasteiger partial charge in [-0.05, 0) is 84.7 Å². The third kappa shape index (κ3) is 25.0. The largest absolute Gasteiger partial charge is 0.347 e. The van der Waals surface area contributed by atoms with Gasteiger partial charge in [0.2, 0.25) is 0 Å². The second-order valence-corrected chi connectivity index (χ2v) is 15.2. The first-order valence-corrected chi connectivity index (χ1v) is 21.4. The predicted molar refractivity (Wildman–Crippen MR) is 209 cm³/mol. The van der Waals surface area contributed by atoms with Crippen LogP contribution in [-0.2, 0) is 9.47 Å². The second-order valence-electron chi connectivity index (χ2n) is 15.2. The van der Waals surface area contributed by atoms with Crippen molar-refractivity contribution in [3.8, 4) is 0 Å².